The highest BCUT2D eigenvalue weighted by Crippen LogP contribution is 2.30. The van der Waals surface area contributed by atoms with Crippen LogP contribution in [0.5, 0.6) is 0 Å². The van der Waals surface area contributed by atoms with Crippen molar-refractivity contribution in [1.29, 1.82) is 0 Å². The van der Waals surface area contributed by atoms with Gasteiger partial charge in [0.25, 0.3) is 0 Å². The van der Waals surface area contributed by atoms with Crippen LogP contribution in [-0.2, 0) is 6.18 Å². The number of halogens is 3. The summed E-state index contributed by atoms with van der Waals surface area (Å²) >= 11 is 0. The van der Waals surface area contributed by atoms with Crippen LogP contribution in [0.25, 0.3) is 0 Å². The first kappa shape index (κ1) is 11.4. The number of hydrogen-bond donors (Lipinski definition) is 2. The number of nitrogens with two attached hydrogens (primary N) is 1. The first-order valence-electron chi connectivity index (χ1n) is 4.83. The largest absolute Gasteiger partial charge is 0.416 e. The van der Waals surface area contributed by atoms with Crippen molar-refractivity contribution in [2.45, 2.75) is 6.18 Å². The van der Waals surface area contributed by atoms with Crippen LogP contribution >= 0.6 is 0 Å². The van der Waals surface area contributed by atoms with Gasteiger partial charge in [-0.1, -0.05) is 0 Å². The maximum atomic E-state index is 12.4. The zero-order valence-corrected chi connectivity index (χ0v) is 8.70. The smallest absolute Gasteiger partial charge is 0.384 e. The molecule has 1 aliphatic heterocycles. The molecule has 0 aliphatic carbocycles. The fourth-order valence-corrected chi connectivity index (χ4v) is 1.43. The third-order valence-corrected chi connectivity index (χ3v) is 2.26. The Kier molecular flexibility index (Phi) is 2.71. The lowest BCUT2D eigenvalue weighted by molar-refractivity contribution is -0.137. The number of anilines is 1. The second-order valence-corrected chi connectivity index (χ2v) is 3.50. The molecule has 2 rings (SSSR count). The minimum Gasteiger partial charge on any atom is -0.384 e. The van der Waals surface area contributed by atoms with Crippen LogP contribution < -0.4 is 16.0 Å². The molecule has 0 bridgehead atoms. The number of rotatable bonds is 1. The standard InChI is InChI=1S/C11H10F3N3/c12-11(13,14)8-1-3-9(4-2-8)17-6-5-16-10(15)7-17/h1-7,16H,15H2. The van der Waals surface area contributed by atoms with E-state index in [1.807, 2.05) is 0 Å². The summed E-state index contributed by atoms with van der Waals surface area (Å²) in [6, 6.07) is 4.86. The van der Waals surface area contributed by atoms with Gasteiger partial charge in [0.15, 0.2) is 0 Å². The third-order valence-electron chi connectivity index (χ3n) is 2.26. The van der Waals surface area contributed by atoms with E-state index in [1.54, 1.807) is 23.5 Å². The SMILES string of the molecule is NC1=CN(c2ccc(C(F)(F)F)cc2)C=CN1. The number of nitrogens with zero attached hydrogens (tertiary/aromatic N) is 1. The fourth-order valence-electron chi connectivity index (χ4n) is 1.43. The van der Waals surface area contributed by atoms with Crippen LogP contribution in [0, 0.1) is 0 Å². The van der Waals surface area contributed by atoms with E-state index in [-0.39, 0.29) is 0 Å². The second-order valence-electron chi connectivity index (χ2n) is 3.50. The van der Waals surface area contributed by atoms with Gasteiger partial charge in [-0.2, -0.15) is 13.2 Å². The highest BCUT2D eigenvalue weighted by atomic mass is 19.4. The molecule has 0 saturated carbocycles. The van der Waals surface area contributed by atoms with E-state index in [2.05, 4.69) is 5.32 Å². The van der Waals surface area contributed by atoms with E-state index in [9.17, 15) is 13.2 Å². The highest BCUT2D eigenvalue weighted by Gasteiger charge is 2.30. The summed E-state index contributed by atoms with van der Waals surface area (Å²) in [4.78, 5) is 1.63. The van der Waals surface area contributed by atoms with Gasteiger partial charge in [-0.15, -0.1) is 0 Å². The molecular weight excluding hydrogens is 231 g/mol. The van der Waals surface area contributed by atoms with Crippen molar-refractivity contribution < 1.29 is 13.2 Å². The van der Waals surface area contributed by atoms with Gasteiger partial charge in [0.1, 0.15) is 5.82 Å². The highest BCUT2D eigenvalue weighted by molar-refractivity contribution is 5.54. The lowest BCUT2D eigenvalue weighted by Gasteiger charge is -2.21. The lowest BCUT2D eigenvalue weighted by atomic mass is 10.2. The summed E-state index contributed by atoms with van der Waals surface area (Å²) in [7, 11) is 0. The summed E-state index contributed by atoms with van der Waals surface area (Å²) in [5.74, 6) is 0.424. The van der Waals surface area contributed by atoms with Crippen LogP contribution in [0.2, 0.25) is 0 Å². The molecule has 0 saturated heterocycles. The van der Waals surface area contributed by atoms with Gasteiger partial charge in [-0.05, 0) is 24.3 Å². The molecule has 3 N–H and O–H groups in total. The van der Waals surface area contributed by atoms with E-state index < -0.39 is 11.7 Å². The molecule has 0 atom stereocenters. The summed E-state index contributed by atoms with van der Waals surface area (Å²) in [6.07, 6.45) is 0.543. The van der Waals surface area contributed by atoms with Gasteiger partial charge in [-0.25, -0.2) is 0 Å². The summed E-state index contributed by atoms with van der Waals surface area (Å²) in [5.41, 5.74) is 5.48. The number of nitrogens with one attached hydrogen (secondary N) is 1. The molecule has 0 fully saturated rings. The van der Waals surface area contributed by atoms with Gasteiger partial charge >= 0.3 is 6.18 Å². The Labute approximate surface area is 96.0 Å². The molecular formula is C11H10F3N3. The molecule has 0 spiro atoms. The van der Waals surface area contributed by atoms with Crippen molar-refractivity contribution in [1.82, 2.24) is 5.32 Å². The maximum absolute atomic E-state index is 12.4. The Morgan fingerprint density at radius 3 is 2.29 bits per heavy atom. The molecule has 1 aromatic rings. The van der Waals surface area contributed by atoms with Crippen molar-refractivity contribution in [3.05, 3.63) is 54.2 Å². The summed E-state index contributed by atoms with van der Waals surface area (Å²) in [6.45, 7) is 0. The van der Waals surface area contributed by atoms with Crippen molar-refractivity contribution in [2.75, 3.05) is 4.90 Å². The molecule has 0 unspecified atom stereocenters. The fraction of sp³-hybridized carbons (Fsp3) is 0.0909. The topological polar surface area (TPSA) is 41.3 Å². The molecule has 90 valence electrons. The molecule has 0 radical (unpaired) electrons. The predicted molar refractivity (Wildman–Crippen MR) is 58.5 cm³/mol. The Morgan fingerprint density at radius 2 is 1.76 bits per heavy atom. The molecule has 1 aliphatic rings. The second kappa shape index (κ2) is 4.04. The monoisotopic (exact) mass is 241 g/mol. The van der Waals surface area contributed by atoms with Crippen LogP contribution in [0.1, 0.15) is 5.56 Å². The molecule has 3 nitrogen and oxygen atoms in total. The maximum Gasteiger partial charge on any atom is 0.416 e. The molecule has 0 amide bonds. The summed E-state index contributed by atoms with van der Waals surface area (Å²) in [5, 5.41) is 2.75. The number of benzene rings is 1. The van der Waals surface area contributed by atoms with Crippen LogP contribution in [-0.4, -0.2) is 0 Å². The van der Waals surface area contributed by atoms with E-state index in [0.717, 1.165) is 12.1 Å². The van der Waals surface area contributed by atoms with Gasteiger partial charge in [0, 0.05) is 24.3 Å². The molecule has 1 aromatic carbocycles. The zero-order valence-electron chi connectivity index (χ0n) is 8.70. The number of alkyl halides is 3. The Bertz CT molecular complexity index is 460. The quantitative estimate of drug-likeness (QED) is 0.793. The average molecular weight is 241 g/mol. The van der Waals surface area contributed by atoms with E-state index in [0.29, 0.717) is 11.5 Å². The normalized spacial score (nSPS) is 15.5. The predicted octanol–water partition coefficient (Wildman–Crippen LogP) is 2.34. The van der Waals surface area contributed by atoms with Crippen molar-refractivity contribution in [2.24, 2.45) is 5.73 Å². The van der Waals surface area contributed by atoms with Gasteiger partial charge < -0.3 is 16.0 Å². The minimum atomic E-state index is -4.31. The van der Waals surface area contributed by atoms with Crippen LogP contribution in [0.15, 0.2) is 48.7 Å². The Hall–Kier alpha value is -2.11. The van der Waals surface area contributed by atoms with E-state index in [1.165, 1.54) is 12.1 Å². The van der Waals surface area contributed by atoms with E-state index >= 15 is 0 Å². The Balaban J connectivity index is 2.24. The first-order chi connectivity index (χ1) is 7.97. The molecule has 6 heteroatoms. The number of hydrogen-bond acceptors (Lipinski definition) is 3. The lowest BCUT2D eigenvalue weighted by Crippen LogP contribution is -2.24. The molecule has 0 aromatic heterocycles. The minimum absolute atomic E-state index is 0.424. The molecule has 1 heterocycles. The average Bonchev–Trinajstić information content (AvgIpc) is 2.28. The van der Waals surface area contributed by atoms with Crippen LogP contribution in [0.3, 0.4) is 0 Å². The zero-order chi connectivity index (χ0) is 12.5. The first-order valence-corrected chi connectivity index (χ1v) is 4.83. The van der Waals surface area contributed by atoms with Crippen molar-refractivity contribution >= 4 is 5.69 Å². The third kappa shape index (κ3) is 2.52. The van der Waals surface area contributed by atoms with E-state index in [4.69, 9.17) is 5.73 Å². The summed E-state index contributed by atoms with van der Waals surface area (Å²) < 4.78 is 37.1. The van der Waals surface area contributed by atoms with Gasteiger partial charge in [0.05, 0.1) is 5.56 Å². The molecule has 17 heavy (non-hydrogen) atoms. The van der Waals surface area contributed by atoms with Crippen molar-refractivity contribution in [3.8, 4) is 0 Å². The van der Waals surface area contributed by atoms with Gasteiger partial charge in [-0.3, -0.25) is 0 Å². The van der Waals surface area contributed by atoms with Crippen molar-refractivity contribution in [3.63, 3.8) is 0 Å². The Morgan fingerprint density at radius 1 is 1.12 bits per heavy atom. The van der Waals surface area contributed by atoms with Gasteiger partial charge in [0.2, 0.25) is 0 Å². The van der Waals surface area contributed by atoms with Crippen LogP contribution in [0.4, 0.5) is 18.9 Å².